The molecule has 0 radical (unpaired) electrons. The van der Waals surface area contributed by atoms with Gasteiger partial charge in [0.25, 0.3) is 5.91 Å². The minimum atomic E-state index is -0.827. The van der Waals surface area contributed by atoms with Gasteiger partial charge in [-0.25, -0.2) is 18.7 Å². The molecule has 7 heteroatoms. The number of hydrogen-bond donors (Lipinski definition) is 1. The minimum absolute atomic E-state index is 0.0843. The summed E-state index contributed by atoms with van der Waals surface area (Å²) in [5, 5.41) is 2.43. The molecule has 0 bridgehead atoms. The van der Waals surface area contributed by atoms with Crippen LogP contribution in [0.3, 0.4) is 0 Å². The molecule has 3 rings (SSSR count). The van der Waals surface area contributed by atoms with Gasteiger partial charge in [-0.1, -0.05) is 12.8 Å². The number of carbonyl (C=O) groups excluding carboxylic acids is 1. The quantitative estimate of drug-likeness (QED) is 0.921. The second kappa shape index (κ2) is 7.55. The molecule has 2 heterocycles. The highest BCUT2D eigenvalue weighted by Crippen LogP contribution is 2.19. The van der Waals surface area contributed by atoms with Crippen molar-refractivity contribution in [1.29, 1.82) is 0 Å². The molecular weight excluding hydrogens is 326 g/mol. The molecule has 1 aliphatic rings. The van der Waals surface area contributed by atoms with E-state index >= 15 is 0 Å². The summed E-state index contributed by atoms with van der Waals surface area (Å²) in [5.41, 5.74) is 0.744. The SMILES string of the molecule is Cc1cc(C(=O)Nc2ccc(F)cc2F)nc(N2CCCCCC2)n1. The zero-order valence-electron chi connectivity index (χ0n) is 14.1. The number of benzene rings is 1. The highest BCUT2D eigenvalue weighted by Gasteiger charge is 2.17. The lowest BCUT2D eigenvalue weighted by molar-refractivity contribution is 0.102. The first kappa shape index (κ1) is 17.3. The molecule has 0 atom stereocenters. The summed E-state index contributed by atoms with van der Waals surface area (Å²) in [6.45, 7) is 3.51. The molecule has 5 nitrogen and oxygen atoms in total. The van der Waals surface area contributed by atoms with Crippen LogP contribution in [-0.2, 0) is 0 Å². The molecule has 1 N–H and O–H groups in total. The van der Waals surface area contributed by atoms with E-state index in [4.69, 9.17) is 0 Å². The predicted molar refractivity (Wildman–Crippen MR) is 91.8 cm³/mol. The Morgan fingerprint density at radius 3 is 2.48 bits per heavy atom. The van der Waals surface area contributed by atoms with Crippen LogP contribution in [0.1, 0.15) is 41.9 Å². The predicted octanol–water partition coefficient (Wildman–Crippen LogP) is 3.70. The van der Waals surface area contributed by atoms with E-state index in [1.165, 1.54) is 18.9 Å². The number of amides is 1. The Hall–Kier alpha value is -2.57. The van der Waals surface area contributed by atoms with E-state index in [1.807, 2.05) is 0 Å². The summed E-state index contributed by atoms with van der Waals surface area (Å²) in [4.78, 5) is 23.3. The Morgan fingerprint density at radius 2 is 1.80 bits per heavy atom. The summed E-state index contributed by atoms with van der Waals surface area (Å²) >= 11 is 0. The molecular formula is C18H20F2N4O. The van der Waals surface area contributed by atoms with E-state index in [0.29, 0.717) is 11.6 Å². The average Bonchev–Trinajstić information content (AvgIpc) is 2.86. The number of anilines is 2. The van der Waals surface area contributed by atoms with Gasteiger partial charge in [-0.3, -0.25) is 4.79 Å². The third kappa shape index (κ3) is 4.29. The standard InChI is InChI=1S/C18H20F2N4O/c1-12-10-16(17(25)22-15-7-6-13(19)11-14(15)20)23-18(21-12)24-8-4-2-3-5-9-24/h6-7,10-11H,2-5,8-9H2,1H3,(H,22,25). The Kier molecular flexibility index (Phi) is 5.21. The van der Waals surface area contributed by atoms with E-state index < -0.39 is 17.5 Å². The lowest BCUT2D eigenvalue weighted by atomic mass is 10.2. The maximum Gasteiger partial charge on any atom is 0.274 e. The van der Waals surface area contributed by atoms with Crippen LogP contribution in [0.2, 0.25) is 0 Å². The molecule has 0 unspecified atom stereocenters. The first-order chi connectivity index (χ1) is 12.0. The van der Waals surface area contributed by atoms with Gasteiger partial charge >= 0.3 is 0 Å². The van der Waals surface area contributed by atoms with E-state index in [9.17, 15) is 13.6 Å². The number of aryl methyl sites for hydroxylation is 1. The van der Waals surface area contributed by atoms with Crippen molar-refractivity contribution in [1.82, 2.24) is 9.97 Å². The summed E-state index contributed by atoms with van der Waals surface area (Å²) in [7, 11) is 0. The maximum atomic E-state index is 13.7. The molecule has 1 aliphatic heterocycles. The Balaban J connectivity index is 1.82. The van der Waals surface area contributed by atoms with Gasteiger partial charge in [0.05, 0.1) is 5.69 Å². The first-order valence-electron chi connectivity index (χ1n) is 8.40. The van der Waals surface area contributed by atoms with Crippen LogP contribution < -0.4 is 10.2 Å². The number of halogens is 2. The molecule has 1 aromatic heterocycles. The van der Waals surface area contributed by atoms with Crippen molar-refractivity contribution in [2.24, 2.45) is 0 Å². The summed E-state index contributed by atoms with van der Waals surface area (Å²) in [5.74, 6) is -1.55. The van der Waals surface area contributed by atoms with Gasteiger partial charge in [0.15, 0.2) is 0 Å². The number of nitrogens with zero attached hydrogens (tertiary/aromatic N) is 3. The molecule has 0 spiro atoms. The number of rotatable bonds is 3. The van der Waals surface area contributed by atoms with Crippen molar-refractivity contribution in [3.63, 3.8) is 0 Å². The van der Waals surface area contributed by atoms with Crippen molar-refractivity contribution in [3.8, 4) is 0 Å². The fourth-order valence-electron chi connectivity index (χ4n) is 2.86. The molecule has 0 saturated carbocycles. The van der Waals surface area contributed by atoms with Crippen molar-refractivity contribution in [2.75, 3.05) is 23.3 Å². The molecule has 1 aromatic carbocycles. The lowest BCUT2D eigenvalue weighted by Gasteiger charge is -2.21. The van der Waals surface area contributed by atoms with Crippen LogP contribution in [0, 0.1) is 18.6 Å². The molecule has 1 saturated heterocycles. The van der Waals surface area contributed by atoms with Crippen LogP contribution >= 0.6 is 0 Å². The molecule has 25 heavy (non-hydrogen) atoms. The molecule has 1 amide bonds. The summed E-state index contributed by atoms with van der Waals surface area (Å²) in [6.07, 6.45) is 4.50. The van der Waals surface area contributed by atoms with Crippen LogP contribution in [0.15, 0.2) is 24.3 Å². The molecule has 132 valence electrons. The average molecular weight is 346 g/mol. The lowest BCUT2D eigenvalue weighted by Crippen LogP contribution is -2.27. The van der Waals surface area contributed by atoms with Gasteiger partial charge in [0, 0.05) is 24.8 Å². The largest absolute Gasteiger partial charge is 0.341 e. The highest BCUT2D eigenvalue weighted by atomic mass is 19.1. The second-order valence-corrected chi connectivity index (χ2v) is 6.17. The van der Waals surface area contributed by atoms with Gasteiger partial charge in [0.2, 0.25) is 5.95 Å². The second-order valence-electron chi connectivity index (χ2n) is 6.17. The van der Waals surface area contributed by atoms with Crippen LogP contribution in [-0.4, -0.2) is 29.0 Å². The number of nitrogens with one attached hydrogen (secondary N) is 1. The zero-order chi connectivity index (χ0) is 17.8. The van der Waals surface area contributed by atoms with Gasteiger partial charge in [-0.15, -0.1) is 0 Å². The Morgan fingerprint density at radius 1 is 1.08 bits per heavy atom. The molecule has 0 aliphatic carbocycles. The van der Waals surface area contributed by atoms with Gasteiger partial charge in [-0.2, -0.15) is 0 Å². The first-order valence-corrected chi connectivity index (χ1v) is 8.40. The van der Waals surface area contributed by atoms with Crippen molar-refractivity contribution >= 4 is 17.5 Å². The minimum Gasteiger partial charge on any atom is -0.341 e. The summed E-state index contributed by atoms with van der Waals surface area (Å²) in [6, 6.07) is 4.56. The third-order valence-electron chi connectivity index (χ3n) is 4.14. The number of hydrogen-bond acceptors (Lipinski definition) is 4. The van der Waals surface area contributed by atoms with E-state index in [-0.39, 0.29) is 11.4 Å². The Bertz CT molecular complexity index is 774. The normalized spacial score (nSPS) is 14.9. The topological polar surface area (TPSA) is 58.1 Å². The monoisotopic (exact) mass is 346 g/mol. The van der Waals surface area contributed by atoms with Crippen molar-refractivity contribution in [2.45, 2.75) is 32.6 Å². The highest BCUT2D eigenvalue weighted by molar-refractivity contribution is 6.03. The Labute approximate surface area is 145 Å². The van der Waals surface area contributed by atoms with Crippen LogP contribution in [0.5, 0.6) is 0 Å². The zero-order valence-corrected chi connectivity index (χ0v) is 14.1. The van der Waals surface area contributed by atoms with Gasteiger partial charge in [0.1, 0.15) is 17.3 Å². The van der Waals surface area contributed by atoms with Crippen molar-refractivity contribution in [3.05, 3.63) is 47.3 Å². The molecule has 1 fully saturated rings. The van der Waals surface area contributed by atoms with Crippen LogP contribution in [0.4, 0.5) is 20.4 Å². The van der Waals surface area contributed by atoms with E-state index in [2.05, 4.69) is 20.2 Å². The van der Waals surface area contributed by atoms with Crippen molar-refractivity contribution < 1.29 is 13.6 Å². The van der Waals surface area contributed by atoms with Crippen LogP contribution in [0.25, 0.3) is 0 Å². The smallest absolute Gasteiger partial charge is 0.274 e. The van der Waals surface area contributed by atoms with E-state index in [1.54, 1.807) is 13.0 Å². The summed E-state index contributed by atoms with van der Waals surface area (Å²) < 4.78 is 26.7. The fraction of sp³-hybridized carbons (Fsp3) is 0.389. The van der Waals surface area contributed by atoms with E-state index in [0.717, 1.165) is 38.1 Å². The third-order valence-corrected chi connectivity index (χ3v) is 4.14. The van der Waals surface area contributed by atoms with Gasteiger partial charge in [-0.05, 0) is 38.0 Å². The number of aromatic nitrogens is 2. The number of carbonyl (C=O) groups is 1. The molecule has 2 aromatic rings. The maximum absolute atomic E-state index is 13.7. The fourth-order valence-corrected chi connectivity index (χ4v) is 2.86. The van der Waals surface area contributed by atoms with Gasteiger partial charge < -0.3 is 10.2 Å².